The molecule has 0 aliphatic heterocycles. The van der Waals surface area contributed by atoms with Crippen LogP contribution >= 0.6 is 0 Å². The number of alkyl halides is 2. The highest BCUT2D eigenvalue weighted by Gasteiger charge is 2.77. The van der Waals surface area contributed by atoms with Gasteiger partial charge in [-0.2, -0.15) is 0 Å². The summed E-state index contributed by atoms with van der Waals surface area (Å²) in [6.45, 7) is 1.91. The molecule has 160 valence electrons. The molecule has 29 heavy (non-hydrogen) atoms. The molecule has 0 heterocycles. The van der Waals surface area contributed by atoms with Crippen molar-refractivity contribution in [1.82, 2.24) is 0 Å². The lowest BCUT2D eigenvalue weighted by atomic mass is 9.44. The third kappa shape index (κ3) is 2.18. The molecule has 8 heteroatoms. The van der Waals surface area contributed by atoms with Gasteiger partial charge in [-0.1, -0.05) is 13.0 Å². The molecule has 0 bridgehead atoms. The van der Waals surface area contributed by atoms with Crippen LogP contribution in [0.5, 0.6) is 0 Å². The fraction of sp³-hybridized carbons (Fsp3) is 0.714. The Labute approximate surface area is 166 Å². The van der Waals surface area contributed by atoms with Gasteiger partial charge in [0.05, 0.1) is 12.2 Å². The summed E-state index contributed by atoms with van der Waals surface area (Å²) >= 11 is 0. The average Bonchev–Trinajstić information content (AvgIpc) is 2.86. The van der Waals surface area contributed by atoms with E-state index in [9.17, 15) is 30.0 Å². The second-order valence-electron chi connectivity index (χ2n) is 9.46. The second-order valence-corrected chi connectivity index (χ2v) is 9.46. The first kappa shape index (κ1) is 20.8. The Balaban J connectivity index is 1.87. The summed E-state index contributed by atoms with van der Waals surface area (Å²) in [7, 11) is 0. The summed E-state index contributed by atoms with van der Waals surface area (Å²) in [4.78, 5) is 24.2. The second kappa shape index (κ2) is 6.03. The third-order valence-corrected chi connectivity index (χ3v) is 8.42. The molecular weight excluding hydrogens is 386 g/mol. The normalized spacial score (nSPS) is 53.7. The van der Waals surface area contributed by atoms with Gasteiger partial charge < -0.3 is 20.4 Å². The molecule has 0 spiro atoms. The Morgan fingerprint density at radius 1 is 1.21 bits per heavy atom. The number of hydrogen-bond acceptors (Lipinski definition) is 6. The highest BCUT2D eigenvalue weighted by Crippen LogP contribution is 2.69. The van der Waals surface area contributed by atoms with Crippen molar-refractivity contribution in [2.75, 3.05) is 6.61 Å². The molecule has 0 amide bonds. The summed E-state index contributed by atoms with van der Waals surface area (Å²) in [5.74, 6) is -3.37. The monoisotopic (exact) mass is 412 g/mol. The number of halogens is 2. The van der Waals surface area contributed by atoms with Crippen LogP contribution in [0.4, 0.5) is 8.78 Å². The molecule has 9 atom stereocenters. The molecule has 0 aromatic heterocycles. The average molecular weight is 412 g/mol. The Morgan fingerprint density at radius 3 is 2.48 bits per heavy atom. The molecule has 4 aliphatic carbocycles. The summed E-state index contributed by atoms with van der Waals surface area (Å²) < 4.78 is 32.0. The number of fused-ring (bicyclic) bond motifs is 5. The van der Waals surface area contributed by atoms with E-state index in [2.05, 4.69) is 0 Å². The molecule has 0 aromatic carbocycles. The number of allylic oxidation sites excluding steroid dienone is 4. The highest BCUT2D eigenvalue weighted by molar-refractivity contribution is 6.01. The number of ketones is 2. The van der Waals surface area contributed by atoms with E-state index < -0.39 is 70.5 Å². The van der Waals surface area contributed by atoms with Crippen LogP contribution in [0.25, 0.3) is 0 Å². The Hall–Kier alpha value is -1.48. The SMILES string of the molecule is CC12C[C@H](O)[C@@]3(F)C(C[C@H](F)C4=CC(=O)C=C[C@@]43C)[C@@H]1C[C@@H](O)[C@]2(O)C(=O)CO. The standard InChI is InChI=1S/C21H26F2O6/c1-18-4-3-10(25)5-13(18)14(22)6-12-11-7-15(26)21(29,17(28)9-24)19(11,2)8-16(27)20(12,18)23/h3-5,11-12,14-16,24,26-27,29H,6-9H2,1-2H3/t11-,12?,14-,15+,16-,18-,19?,20-,21-/m0/s1. The lowest BCUT2D eigenvalue weighted by Crippen LogP contribution is -2.70. The molecule has 6 nitrogen and oxygen atoms in total. The van der Waals surface area contributed by atoms with Crippen molar-refractivity contribution in [1.29, 1.82) is 0 Å². The van der Waals surface area contributed by atoms with E-state index >= 15 is 8.78 Å². The van der Waals surface area contributed by atoms with E-state index in [0.29, 0.717) is 0 Å². The van der Waals surface area contributed by atoms with Gasteiger partial charge in [0.2, 0.25) is 0 Å². The number of carbonyl (C=O) groups excluding carboxylic acids is 2. The van der Waals surface area contributed by atoms with E-state index in [-0.39, 0.29) is 24.8 Å². The Morgan fingerprint density at radius 2 is 1.86 bits per heavy atom. The zero-order chi connectivity index (χ0) is 21.6. The summed E-state index contributed by atoms with van der Waals surface area (Å²) in [5, 5.41) is 42.0. The van der Waals surface area contributed by atoms with Gasteiger partial charge in [0.25, 0.3) is 0 Å². The van der Waals surface area contributed by atoms with Crippen LogP contribution in [0, 0.1) is 22.7 Å². The maximum atomic E-state index is 16.8. The third-order valence-electron chi connectivity index (χ3n) is 8.42. The zero-order valence-electron chi connectivity index (χ0n) is 16.3. The quantitative estimate of drug-likeness (QED) is 0.527. The number of Topliss-reactive ketones (excluding diaryl/α,β-unsaturated/α-hetero) is 1. The van der Waals surface area contributed by atoms with Crippen molar-refractivity contribution in [3.8, 4) is 0 Å². The topological polar surface area (TPSA) is 115 Å². The first-order valence-electron chi connectivity index (χ1n) is 9.88. The maximum Gasteiger partial charge on any atom is 0.192 e. The molecular formula is C21H26F2O6. The first-order valence-corrected chi connectivity index (χ1v) is 9.88. The highest BCUT2D eigenvalue weighted by atomic mass is 19.1. The van der Waals surface area contributed by atoms with E-state index in [4.69, 9.17) is 0 Å². The van der Waals surface area contributed by atoms with E-state index in [1.165, 1.54) is 19.9 Å². The summed E-state index contributed by atoms with van der Waals surface area (Å²) in [5.41, 5.74) is -7.76. The van der Waals surface area contributed by atoms with Gasteiger partial charge in [0, 0.05) is 16.7 Å². The van der Waals surface area contributed by atoms with Crippen LogP contribution < -0.4 is 0 Å². The molecule has 0 aromatic rings. The van der Waals surface area contributed by atoms with E-state index in [0.717, 1.165) is 12.2 Å². The minimum absolute atomic E-state index is 0.0216. The van der Waals surface area contributed by atoms with Crippen molar-refractivity contribution in [3.05, 3.63) is 23.8 Å². The van der Waals surface area contributed by atoms with Crippen molar-refractivity contribution < 1.29 is 38.8 Å². The first-order chi connectivity index (χ1) is 13.4. The predicted octanol–water partition coefficient (Wildman–Crippen LogP) is 0.568. The van der Waals surface area contributed by atoms with Crippen molar-refractivity contribution in [3.63, 3.8) is 0 Å². The maximum absolute atomic E-state index is 16.8. The minimum Gasteiger partial charge on any atom is -0.390 e. The van der Waals surface area contributed by atoms with Crippen molar-refractivity contribution >= 4 is 11.6 Å². The van der Waals surface area contributed by atoms with Crippen LogP contribution in [0.1, 0.15) is 33.1 Å². The van der Waals surface area contributed by atoms with Gasteiger partial charge in [-0.25, -0.2) is 8.78 Å². The lowest BCUT2D eigenvalue weighted by Gasteiger charge is -2.62. The van der Waals surface area contributed by atoms with Crippen LogP contribution in [0.3, 0.4) is 0 Å². The molecule has 0 radical (unpaired) electrons. The Bertz CT molecular complexity index is 841. The van der Waals surface area contributed by atoms with Crippen LogP contribution in [0.15, 0.2) is 23.8 Å². The number of aliphatic hydroxyl groups excluding tert-OH is 3. The molecule has 0 saturated heterocycles. The van der Waals surface area contributed by atoms with Gasteiger partial charge in [-0.05, 0) is 49.8 Å². The van der Waals surface area contributed by atoms with Gasteiger partial charge in [0.15, 0.2) is 22.8 Å². The number of hydrogen-bond donors (Lipinski definition) is 4. The molecule has 3 fully saturated rings. The van der Waals surface area contributed by atoms with Gasteiger partial charge >= 0.3 is 0 Å². The summed E-state index contributed by atoms with van der Waals surface area (Å²) in [6, 6.07) is 0. The van der Waals surface area contributed by atoms with E-state index in [1.807, 2.05) is 0 Å². The van der Waals surface area contributed by atoms with Gasteiger partial charge in [-0.15, -0.1) is 0 Å². The molecule has 2 unspecified atom stereocenters. The molecule has 4 N–H and O–H groups in total. The fourth-order valence-electron chi connectivity index (χ4n) is 6.84. The largest absolute Gasteiger partial charge is 0.390 e. The predicted molar refractivity (Wildman–Crippen MR) is 97.1 cm³/mol. The van der Waals surface area contributed by atoms with Crippen molar-refractivity contribution in [2.24, 2.45) is 22.7 Å². The number of rotatable bonds is 2. The van der Waals surface area contributed by atoms with Crippen LogP contribution in [-0.4, -0.2) is 68.2 Å². The van der Waals surface area contributed by atoms with Crippen LogP contribution in [-0.2, 0) is 9.59 Å². The van der Waals surface area contributed by atoms with Crippen LogP contribution in [0.2, 0.25) is 0 Å². The summed E-state index contributed by atoms with van der Waals surface area (Å²) in [6.07, 6.45) is -2.21. The van der Waals surface area contributed by atoms with E-state index in [1.54, 1.807) is 0 Å². The smallest absolute Gasteiger partial charge is 0.192 e. The zero-order valence-corrected chi connectivity index (χ0v) is 16.3. The van der Waals surface area contributed by atoms with Gasteiger partial charge in [-0.3, -0.25) is 9.59 Å². The number of carbonyl (C=O) groups is 2. The molecule has 3 saturated carbocycles. The van der Waals surface area contributed by atoms with Gasteiger partial charge in [0.1, 0.15) is 12.8 Å². The molecule has 4 rings (SSSR count). The minimum atomic E-state index is -2.37. The number of aliphatic hydroxyl groups is 4. The lowest BCUT2D eigenvalue weighted by molar-refractivity contribution is -0.226. The fourth-order valence-corrected chi connectivity index (χ4v) is 6.84. The van der Waals surface area contributed by atoms with Crippen molar-refractivity contribution in [2.45, 2.75) is 62.8 Å². The molecule has 4 aliphatic rings. The Kier molecular flexibility index (Phi) is 4.32.